The minimum atomic E-state index is 0.0739. The molecule has 2 rings (SSSR count). The smallest absolute Gasteiger partial charge is 0.0902 e. The van der Waals surface area contributed by atoms with E-state index in [-0.39, 0.29) is 11.6 Å². The molecule has 21 heavy (non-hydrogen) atoms. The van der Waals surface area contributed by atoms with Crippen LogP contribution in [0.3, 0.4) is 0 Å². The van der Waals surface area contributed by atoms with Gasteiger partial charge in [0.1, 0.15) is 0 Å². The fourth-order valence-electron chi connectivity index (χ4n) is 3.53. The van der Waals surface area contributed by atoms with Crippen molar-refractivity contribution in [1.82, 2.24) is 9.80 Å². The molecule has 2 N–H and O–H groups in total. The maximum atomic E-state index is 6.11. The van der Waals surface area contributed by atoms with Gasteiger partial charge in [-0.3, -0.25) is 9.80 Å². The first kappa shape index (κ1) is 17.1. The van der Waals surface area contributed by atoms with Crippen LogP contribution < -0.4 is 5.73 Å². The van der Waals surface area contributed by atoms with Crippen LogP contribution >= 0.6 is 12.2 Å². The van der Waals surface area contributed by atoms with Crippen molar-refractivity contribution in [2.75, 3.05) is 32.7 Å². The van der Waals surface area contributed by atoms with Gasteiger partial charge in [-0.05, 0) is 33.1 Å². The van der Waals surface area contributed by atoms with Gasteiger partial charge < -0.3 is 10.5 Å². The highest BCUT2D eigenvalue weighted by Gasteiger charge is 2.33. The number of piperazine rings is 1. The second-order valence-corrected chi connectivity index (χ2v) is 7.55. The van der Waals surface area contributed by atoms with Crippen molar-refractivity contribution < 1.29 is 4.74 Å². The zero-order chi connectivity index (χ0) is 15.5. The fraction of sp³-hybridized carbons (Fsp3) is 0.938. The van der Waals surface area contributed by atoms with E-state index in [1.165, 1.54) is 12.8 Å². The van der Waals surface area contributed by atoms with Gasteiger partial charge in [-0.25, -0.2) is 0 Å². The summed E-state index contributed by atoms with van der Waals surface area (Å²) < 4.78 is 6.11. The van der Waals surface area contributed by atoms with Crippen LogP contribution in [0.5, 0.6) is 0 Å². The van der Waals surface area contributed by atoms with Gasteiger partial charge >= 0.3 is 0 Å². The SMILES string of the molecule is CCCC(C(N)=S)N1CCN(CC2CCC(C)(C)O2)CC1. The van der Waals surface area contributed by atoms with Gasteiger partial charge in [0, 0.05) is 32.7 Å². The molecule has 0 aromatic rings. The summed E-state index contributed by atoms with van der Waals surface area (Å²) >= 11 is 5.24. The number of nitrogens with two attached hydrogens (primary N) is 1. The van der Waals surface area contributed by atoms with Gasteiger partial charge in [-0.1, -0.05) is 25.6 Å². The van der Waals surface area contributed by atoms with Gasteiger partial charge in [0.05, 0.1) is 22.7 Å². The zero-order valence-corrected chi connectivity index (χ0v) is 14.6. The summed E-state index contributed by atoms with van der Waals surface area (Å²) in [4.78, 5) is 5.65. The zero-order valence-electron chi connectivity index (χ0n) is 13.8. The van der Waals surface area contributed by atoms with E-state index in [1.54, 1.807) is 0 Å². The first-order valence-corrected chi connectivity index (χ1v) is 8.75. The lowest BCUT2D eigenvalue weighted by atomic mass is 10.1. The predicted molar refractivity (Wildman–Crippen MR) is 91.7 cm³/mol. The quantitative estimate of drug-likeness (QED) is 0.760. The molecule has 0 aliphatic carbocycles. The van der Waals surface area contributed by atoms with Crippen molar-refractivity contribution in [3.05, 3.63) is 0 Å². The summed E-state index contributed by atoms with van der Waals surface area (Å²) in [7, 11) is 0. The van der Waals surface area contributed by atoms with Gasteiger partial charge in [0.2, 0.25) is 0 Å². The number of hydrogen-bond donors (Lipinski definition) is 1. The van der Waals surface area contributed by atoms with Gasteiger partial charge in [0.25, 0.3) is 0 Å². The normalized spacial score (nSPS) is 28.6. The summed E-state index contributed by atoms with van der Waals surface area (Å²) in [5.41, 5.74) is 5.98. The van der Waals surface area contributed by atoms with E-state index in [1.807, 2.05) is 0 Å². The second kappa shape index (κ2) is 7.36. The van der Waals surface area contributed by atoms with Crippen LogP contribution in [0.25, 0.3) is 0 Å². The molecular weight excluding hydrogens is 282 g/mol. The molecule has 2 aliphatic rings. The Hall–Kier alpha value is -0.230. The number of thiocarbonyl (C=S) groups is 1. The average molecular weight is 314 g/mol. The minimum Gasteiger partial charge on any atom is -0.392 e. The van der Waals surface area contributed by atoms with Crippen molar-refractivity contribution >= 4 is 17.2 Å². The molecule has 0 aromatic heterocycles. The van der Waals surface area contributed by atoms with Gasteiger partial charge in [-0.2, -0.15) is 0 Å². The number of nitrogens with zero attached hydrogens (tertiary/aromatic N) is 2. The maximum Gasteiger partial charge on any atom is 0.0902 e. The topological polar surface area (TPSA) is 41.7 Å². The molecule has 2 aliphatic heterocycles. The first-order valence-electron chi connectivity index (χ1n) is 8.35. The lowest BCUT2D eigenvalue weighted by Gasteiger charge is -2.39. The van der Waals surface area contributed by atoms with Crippen LogP contribution in [-0.4, -0.2) is 65.3 Å². The van der Waals surface area contributed by atoms with E-state index in [4.69, 9.17) is 22.7 Å². The molecule has 0 radical (unpaired) electrons. The molecule has 0 spiro atoms. The number of hydrogen-bond acceptors (Lipinski definition) is 4. The molecule has 2 heterocycles. The third kappa shape index (κ3) is 4.88. The third-order valence-electron chi connectivity index (χ3n) is 4.75. The van der Waals surface area contributed by atoms with Crippen LogP contribution in [0, 0.1) is 0 Å². The molecule has 2 unspecified atom stereocenters. The fourth-order valence-corrected chi connectivity index (χ4v) is 3.80. The van der Waals surface area contributed by atoms with E-state index in [0.29, 0.717) is 11.1 Å². The number of rotatable bonds is 6. The monoisotopic (exact) mass is 313 g/mol. The highest BCUT2D eigenvalue weighted by atomic mass is 32.1. The van der Waals surface area contributed by atoms with Crippen LogP contribution in [0.15, 0.2) is 0 Å². The molecule has 2 fully saturated rings. The van der Waals surface area contributed by atoms with Gasteiger partial charge in [-0.15, -0.1) is 0 Å². The molecule has 2 saturated heterocycles. The van der Waals surface area contributed by atoms with Crippen LogP contribution in [-0.2, 0) is 4.74 Å². The molecule has 0 aromatic carbocycles. The Balaban J connectivity index is 1.76. The van der Waals surface area contributed by atoms with Crippen molar-refractivity contribution in [2.24, 2.45) is 5.73 Å². The van der Waals surface area contributed by atoms with Crippen LogP contribution in [0.2, 0.25) is 0 Å². The number of ether oxygens (including phenoxy) is 1. The summed E-state index contributed by atoms with van der Waals surface area (Å²) in [6.07, 6.45) is 4.99. The Labute approximate surface area is 135 Å². The Morgan fingerprint density at radius 2 is 2.00 bits per heavy atom. The van der Waals surface area contributed by atoms with Crippen LogP contribution in [0.4, 0.5) is 0 Å². The summed E-state index contributed by atoms with van der Waals surface area (Å²) in [6.45, 7) is 12.0. The first-order chi connectivity index (χ1) is 9.91. The molecule has 0 amide bonds. The summed E-state index contributed by atoms with van der Waals surface area (Å²) in [6, 6.07) is 0.286. The highest BCUT2D eigenvalue weighted by molar-refractivity contribution is 7.80. The minimum absolute atomic E-state index is 0.0739. The van der Waals surface area contributed by atoms with E-state index in [2.05, 4.69) is 30.6 Å². The predicted octanol–water partition coefficient (Wildman–Crippen LogP) is 2.02. The molecule has 4 nitrogen and oxygen atoms in total. The lowest BCUT2D eigenvalue weighted by Crippen LogP contribution is -2.54. The van der Waals surface area contributed by atoms with E-state index >= 15 is 0 Å². The third-order valence-corrected chi connectivity index (χ3v) is 5.03. The molecule has 0 bridgehead atoms. The Morgan fingerprint density at radius 1 is 1.33 bits per heavy atom. The molecule has 2 atom stereocenters. The van der Waals surface area contributed by atoms with E-state index in [0.717, 1.165) is 45.6 Å². The Kier molecular flexibility index (Phi) is 6.00. The average Bonchev–Trinajstić information content (AvgIpc) is 2.76. The van der Waals surface area contributed by atoms with Crippen molar-refractivity contribution in [2.45, 2.75) is 64.2 Å². The second-order valence-electron chi connectivity index (χ2n) is 7.08. The summed E-state index contributed by atoms with van der Waals surface area (Å²) in [5, 5.41) is 0. The molecule has 122 valence electrons. The molecule has 5 heteroatoms. The highest BCUT2D eigenvalue weighted by Crippen LogP contribution is 2.29. The molecule has 0 saturated carbocycles. The Bertz CT molecular complexity index is 353. The van der Waals surface area contributed by atoms with Crippen molar-refractivity contribution in [3.63, 3.8) is 0 Å². The Morgan fingerprint density at radius 3 is 2.48 bits per heavy atom. The van der Waals surface area contributed by atoms with E-state index < -0.39 is 0 Å². The van der Waals surface area contributed by atoms with E-state index in [9.17, 15) is 0 Å². The maximum absolute atomic E-state index is 6.11. The lowest BCUT2D eigenvalue weighted by molar-refractivity contribution is -0.0342. The van der Waals surface area contributed by atoms with Gasteiger partial charge in [0.15, 0.2) is 0 Å². The van der Waals surface area contributed by atoms with Crippen LogP contribution in [0.1, 0.15) is 46.5 Å². The van der Waals surface area contributed by atoms with Crippen molar-refractivity contribution in [3.8, 4) is 0 Å². The largest absolute Gasteiger partial charge is 0.392 e. The standard InChI is InChI=1S/C16H31N3OS/c1-4-5-14(15(17)21)19-10-8-18(9-11-19)12-13-6-7-16(2,3)20-13/h13-14H,4-12H2,1-3H3,(H2,17,21). The van der Waals surface area contributed by atoms with Crippen molar-refractivity contribution in [1.29, 1.82) is 0 Å². The molecular formula is C16H31N3OS. The summed E-state index contributed by atoms with van der Waals surface area (Å²) in [5.74, 6) is 0.